The van der Waals surface area contributed by atoms with Crippen LogP contribution in [-0.4, -0.2) is 17.4 Å². The molecule has 0 N–H and O–H groups in total. The molecule has 2 heteroatoms. The van der Waals surface area contributed by atoms with Crippen LogP contribution in [0.25, 0.3) is 0 Å². The lowest BCUT2D eigenvalue weighted by molar-refractivity contribution is 1.16. The van der Waals surface area contributed by atoms with Crippen LogP contribution in [0.2, 0.25) is 0 Å². The van der Waals surface area contributed by atoms with E-state index in [0.29, 0.717) is 0 Å². The van der Waals surface area contributed by atoms with Crippen molar-refractivity contribution in [2.45, 2.75) is 6.42 Å². The molecule has 0 unspecified atom stereocenters. The van der Waals surface area contributed by atoms with Gasteiger partial charge in [-0.1, -0.05) is 30.3 Å². The van der Waals surface area contributed by atoms with Gasteiger partial charge in [0, 0.05) is 11.6 Å². The van der Waals surface area contributed by atoms with Crippen molar-refractivity contribution in [2.24, 2.45) is 0 Å². The van der Waals surface area contributed by atoms with E-state index in [-0.39, 0.29) is 0 Å². The van der Waals surface area contributed by atoms with E-state index < -0.39 is 0 Å². The number of alkyl halides is 1. The Morgan fingerprint density at radius 2 is 1.83 bits per heavy atom. The monoisotopic (exact) mass is 200 g/mol. The van der Waals surface area contributed by atoms with E-state index in [1.54, 1.807) is 0 Å². The molecule has 0 amide bonds. The van der Waals surface area contributed by atoms with E-state index in [1.165, 1.54) is 11.3 Å². The third kappa shape index (κ3) is 4.03. The molecule has 0 aliphatic carbocycles. The molecule has 0 aliphatic heterocycles. The van der Waals surface area contributed by atoms with Crippen molar-refractivity contribution in [1.82, 2.24) is 0 Å². The molecule has 0 fully saturated rings. The maximum atomic E-state index is 5.56. The first-order valence-corrected chi connectivity index (χ1v) is 5.80. The molecule has 0 bridgehead atoms. The van der Waals surface area contributed by atoms with Crippen LogP contribution in [0.15, 0.2) is 30.3 Å². The first-order chi connectivity index (χ1) is 5.93. The second kappa shape index (κ2) is 6.38. The molecule has 0 nitrogen and oxygen atoms in total. The van der Waals surface area contributed by atoms with Crippen LogP contribution < -0.4 is 0 Å². The minimum Gasteiger partial charge on any atom is -0.160 e. The molecular formula is C10H13ClS. The summed E-state index contributed by atoms with van der Waals surface area (Å²) in [6.45, 7) is 0. The quantitative estimate of drug-likeness (QED) is 0.520. The molecule has 0 saturated heterocycles. The molecule has 0 aromatic heterocycles. The van der Waals surface area contributed by atoms with Crippen molar-refractivity contribution < 1.29 is 0 Å². The third-order valence-electron chi connectivity index (χ3n) is 1.60. The van der Waals surface area contributed by atoms with Crippen LogP contribution in [0.1, 0.15) is 5.56 Å². The number of thioether (sulfide) groups is 1. The average Bonchev–Trinajstić information content (AvgIpc) is 2.14. The summed E-state index contributed by atoms with van der Waals surface area (Å²) in [5, 5.41) is 0. The smallest absolute Gasteiger partial charge is 0.0314 e. The van der Waals surface area contributed by atoms with Crippen LogP contribution in [-0.2, 0) is 6.42 Å². The molecule has 0 saturated carbocycles. The van der Waals surface area contributed by atoms with Crippen molar-refractivity contribution in [2.75, 3.05) is 17.4 Å². The van der Waals surface area contributed by atoms with Crippen molar-refractivity contribution in [3.8, 4) is 0 Å². The molecule has 0 radical (unpaired) electrons. The van der Waals surface area contributed by atoms with Crippen LogP contribution in [0.5, 0.6) is 0 Å². The van der Waals surface area contributed by atoms with Gasteiger partial charge in [0.25, 0.3) is 0 Å². The van der Waals surface area contributed by atoms with Gasteiger partial charge >= 0.3 is 0 Å². The van der Waals surface area contributed by atoms with Gasteiger partial charge < -0.3 is 0 Å². The molecule has 0 spiro atoms. The highest BCUT2D eigenvalue weighted by atomic mass is 35.5. The van der Waals surface area contributed by atoms with E-state index in [2.05, 4.69) is 30.3 Å². The number of aryl methyl sites for hydroxylation is 1. The van der Waals surface area contributed by atoms with Crippen LogP contribution >= 0.6 is 23.4 Å². The van der Waals surface area contributed by atoms with E-state index in [9.17, 15) is 0 Å². The minimum atomic E-state index is 0.763. The van der Waals surface area contributed by atoms with Crippen LogP contribution in [0.4, 0.5) is 0 Å². The summed E-state index contributed by atoms with van der Waals surface area (Å²) >= 11 is 7.48. The lowest BCUT2D eigenvalue weighted by atomic mass is 10.2. The largest absolute Gasteiger partial charge is 0.160 e. The number of rotatable bonds is 5. The summed E-state index contributed by atoms with van der Waals surface area (Å²) in [6.07, 6.45) is 1.16. The van der Waals surface area contributed by atoms with Gasteiger partial charge in [-0.05, 0) is 17.7 Å². The fourth-order valence-electron chi connectivity index (χ4n) is 0.991. The molecule has 66 valence electrons. The Morgan fingerprint density at radius 1 is 1.08 bits per heavy atom. The van der Waals surface area contributed by atoms with Gasteiger partial charge in [-0.2, -0.15) is 11.8 Å². The number of halogens is 1. The standard InChI is InChI=1S/C10H13ClS/c11-7-9-12-8-6-10-4-2-1-3-5-10/h1-5H,6-9H2. The van der Waals surface area contributed by atoms with Gasteiger partial charge in [-0.25, -0.2) is 0 Å². The Labute approximate surface area is 83.3 Å². The zero-order valence-corrected chi connectivity index (χ0v) is 8.57. The molecule has 12 heavy (non-hydrogen) atoms. The molecule has 0 heterocycles. The Morgan fingerprint density at radius 3 is 2.50 bits per heavy atom. The fraction of sp³-hybridized carbons (Fsp3) is 0.400. The highest BCUT2D eigenvalue weighted by molar-refractivity contribution is 7.99. The fourth-order valence-corrected chi connectivity index (χ4v) is 2.01. The Balaban J connectivity index is 2.16. The lowest BCUT2D eigenvalue weighted by Gasteiger charge is -1.99. The number of benzene rings is 1. The zero-order valence-electron chi connectivity index (χ0n) is 7.00. The number of hydrogen-bond acceptors (Lipinski definition) is 1. The highest BCUT2D eigenvalue weighted by Gasteiger charge is 1.91. The van der Waals surface area contributed by atoms with Gasteiger partial charge in [0.1, 0.15) is 0 Å². The Kier molecular flexibility index (Phi) is 5.29. The predicted molar refractivity (Wildman–Crippen MR) is 58.2 cm³/mol. The first kappa shape index (κ1) is 9.94. The molecule has 0 atom stereocenters. The van der Waals surface area contributed by atoms with Gasteiger partial charge in [0.05, 0.1) is 0 Å². The van der Waals surface area contributed by atoms with Gasteiger partial charge in [0.15, 0.2) is 0 Å². The Bertz CT molecular complexity index is 198. The van der Waals surface area contributed by atoms with Gasteiger partial charge in [-0.15, -0.1) is 11.6 Å². The van der Waals surface area contributed by atoms with E-state index >= 15 is 0 Å². The molecular weight excluding hydrogens is 188 g/mol. The minimum absolute atomic E-state index is 0.763. The van der Waals surface area contributed by atoms with Gasteiger partial charge in [-0.3, -0.25) is 0 Å². The second-order valence-corrected chi connectivity index (χ2v) is 4.14. The van der Waals surface area contributed by atoms with E-state index in [1.807, 2.05) is 11.8 Å². The summed E-state index contributed by atoms with van der Waals surface area (Å²) in [7, 11) is 0. The second-order valence-electron chi connectivity index (χ2n) is 2.54. The summed E-state index contributed by atoms with van der Waals surface area (Å²) in [5.74, 6) is 3.00. The summed E-state index contributed by atoms with van der Waals surface area (Å²) in [6, 6.07) is 10.6. The number of hydrogen-bond donors (Lipinski definition) is 0. The third-order valence-corrected chi connectivity index (χ3v) is 3.00. The highest BCUT2D eigenvalue weighted by Crippen LogP contribution is 2.06. The van der Waals surface area contributed by atoms with Crippen molar-refractivity contribution in [1.29, 1.82) is 0 Å². The van der Waals surface area contributed by atoms with Crippen molar-refractivity contribution in [3.05, 3.63) is 35.9 Å². The van der Waals surface area contributed by atoms with E-state index in [4.69, 9.17) is 11.6 Å². The lowest BCUT2D eigenvalue weighted by Crippen LogP contribution is -1.89. The molecule has 1 rings (SSSR count). The van der Waals surface area contributed by atoms with Crippen molar-refractivity contribution in [3.63, 3.8) is 0 Å². The average molecular weight is 201 g/mol. The van der Waals surface area contributed by atoms with Crippen LogP contribution in [0, 0.1) is 0 Å². The first-order valence-electron chi connectivity index (χ1n) is 4.11. The molecule has 1 aromatic rings. The van der Waals surface area contributed by atoms with Crippen LogP contribution in [0.3, 0.4) is 0 Å². The maximum absolute atomic E-state index is 5.56. The molecule has 0 aliphatic rings. The summed E-state index contributed by atoms with van der Waals surface area (Å²) in [5.41, 5.74) is 1.42. The topological polar surface area (TPSA) is 0 Å². The van der Waals surface area contributed by atoms with Crippen molar-refractivity contribution >= 4 is 23.4 Å². The van der Waals surface area contributed by atoms with E-state index in [0.717, 1.165) is 18.1 Å². The summed E-state index contributed by atoms with van der Waals surface area (Å²) < 4.78 is 0. The van der Waals surface area contributed by atoms with Gasteiger partial charge in [0.2, 0.25) is 0 Å². The predicted octanol–water partition coefficient (Wildman–Crippen LogP) is 3.20. The zero-order chi connectivity index (χ0) is 8.65. The normalized spacial score (nSPS) is 10.1. The maximum Gasteiger partial charge on any atom is 0.0314 e. The summed E-state index contributed by atoms with van der Waals surface area (Å²) in [4.78, 5) is 0. The SMILES string of the molecule is ClCCSCCc1ccccc1. The molecule has 1 aromatic carbocycles. The Hall–Kier alpha value is -0.140.